The van der Waals surface area contributed by atoms with Crippen LogP contribution in [0.3, 0.4) is 0 Å². The van der Waals surface area contributed by atoms with Crippen molar-refractivity contribution in [2.75, 3.05) is 19.8 Å². The van der Waals surface area contributed by atoms with E-state index in [9.17, 15) is 52.0 Å². The first-order chi connectivity index (χ1) is 45.7. The lowest BCUT2D eigenvalue weighted by atomic mass is 9.72. The summed E-state index contributed by atoms with van der Waals surface area (Å²) in [4.78, 5) is 0. The van der Waals surface area contributed by atoms with Gasteiger partial charge in [-0.2, -0.15) is 16.8 Å². The SMILES string of the molecule is C=CCC(=C)C=CC(C)(O)C1OC2CC3OC4CC5OC6CC7OC8CC9OC%10CC%11OC(C)(CCCOS(=O)(=O)O)C(OS(=O)(=O)O)CC%11OC%10CC9OC8CCC7(C)OC6(C)CCC(C)C5OC4C(OC4OC(COC5OC(CO)C(O)C5O)C(O)C4O)C3(C)OC2CC1=C. The number of rotatable bonds is 18. The largest absolute Gasteiger partial charge is 0.397 e. The maximum atomic E-state index is 12.1. The molecule has 13 aliphatic heterocycles. The minimum Gasteiger partial charge on any atom is -0.394 e. The van der Waals surface area contributed by atoms with Gasteiger partial charge in [-0.15, -0.1) is 6.58 Å². The number of aliphatic hydroxyl groups excluding tert-OH is 5. The lowest BCUT2D eigenvalue weighted by Crippen LogP contribution is -2.75. The highest BCUT2D eigenvalue weighted by atomic mass is 32.3. The van der Waals surface area contributed by atoms with Crippen molar-refractivity contribution in [2.45, 2.75) is 337 Å². The van der Waals surface area contributed by atoms with E-state index in [2.05, 4.69) is 44.7 Å². The fourth-order valence-electron chi connectivity index (χ4n) is 18.0. The Bertz CT molecular complexity index is 3120. The van der Waals surface area contributed by atoms with E-state index in [1.54, 1.807) is 32.1 Å². The number of ether oxygens (including phenoxy) is 15. The van der Waals surface area contributed by atoms with Crippen LogP contribution in [0, 0.1) is 5.92 Å². The van der Waals surface area contributed by atoms with Gasteiger partial charge < -0.3 is 102 Å². The van der Waals surface area contributed by atoms with Gasteiger partial charge in [-0.1, -0.05) is 43.9 Å². The molecule has 0 radical (unpaired) electrons. The molecule has 13 rings (SSSR count). The summed E-state index contributed by atoms with van der Waals surface area (Å²) in [7, 11) is -9.67. The number of fused-ring (bicyclic) bond motifs is 10. The van der Waals surface area contributed by atoms with Crippen LogP contribution in [0.4, 0.5) is 0 Å². The van der Waals surface area contributed by atoms with Crippen LogP contribution in [0.25, 0.3) is 0 Å². The van der Waals surface area contributed by atoms with Crippen LogP contribution in [-0.4, -0.2) is 276 Å². The molecule has 0 amide bonds. The molecule has 0 aromatic heterocycles. The quantitative estimate of drug-likeness (QED) is 0.0423. The van der Waals surface area contributed by atoms with E-state index >= 15 is 0 Å². The smallest absolute Gasteiger partial charge is 0.394 e. The summed E-state index contributed by atoms with van der Waals surface area (Å²) in [6.07, 6.45) is -12.1. The number of hydrogen-bond acceptors (Lipinski definition) is 27. The van der Waals surface area contributed by atoms with Gasteiger partial charge in [0.2, 0.25) is 0 Å². The molecule has 0 spiro atoms. The van der Waals surface area contributed by atoms with E-state index in [-0.39, 0.29) is 56.0 Å². The van der Waals surface area contributed by atoms with Crippen molar-refractivity contribution in [3.8, 4) is 0 Å². The van der Waals surface area contributed by atoms with Gasteiger partial charge in [0, 0.05) is 44.9 Å². The van der Waals surface area contributed by atoms with Crippen molar-refractivity contribution in [2.24, 2.45) is 5.92 Å². The van der Waals surface area contributed by atoms with E-state index in [1.807, 2.05) is 6.92 Å². The number of allylic oxidation sites excluding steroid dienone is 3. The van der Waals surface area contributed by atoms with Gasteiger partial charge in [-0.3, -0.25) is 9.11 Å². The molecule has 13 aliphatic rings. The lowest BCUT2D eigenvalue weighted by molar-refractivity contribution is -0.387. The van der Waals surface area contributed by atoms with Crippen molar-refractivity contribution < 1.29 is 136 Å². The molecule has 0 saturated carbocycles. The second kappa shape index (κ2) is 27.7. The van der Waals surface area contributed by atoms with Crippen LogP contribution in [0.15, 0.2) is 49.1 Å². The summed E-state index contributed by atoms with van der Waals surface area (Å²) in [5.41, 5.74) is -4.29. The Hall–Kier alpha value is -2.14. The summed E-state index contributed by atoms with van der Waals surface area (Å²) in [5, 5.41) is 65.8. The van der Waals surface area contributed by atoms with E-state index in [1.165, 1.54) is 0 Å². The third-order valence-electron chi connectivity index (χ3n) is 23.3. The van der Waals surface area contributed by atoms with Gasteiger partial charge in [0.1, 0.15) is 72.2 Å². The number of hydrogen-bond donors (Lipinski definition) is 8. The Labute approximate surface area is 566 Å². The Morgan fingerprint density at radius 1 is 0.649 bits per heavy atom. The summed E-state index contributed by atoms with van der Waals surface area (Å²) in [6, 6.07) is 0. The fraction of sp³-hybridized carbons (Fsp3) is 0.879. The molecule has 13 heterocycles. The molecular weight excluding hydrogens is 1320 g/mol. The Kier molecular flexibility index (Phi) is 20.9. The Morgan fingerprint density at radius 2 is 1.23 bits per heavy atom. The van der Waals surface area contributed by atoms with E-state index in [4.69, 9.17) is 79.8 Å². The highest BCUT2D eigenvalue weighted by molar-refractivity contribution is 7.81. The first-order valence-corrected chi connectivity index (χ1v) is 37.2. The molecule has 31 heteroatoms. The summed E-state index contributed by atoms with van der Waals surface area (Å²) in [6.45, 7) is 22.4. The molecule has 29 nitrogen and oxygen atoms in total. The van der Waals surface area contributed by atoms with Gasteiger partial charge >= 0.3 is 20.8 Å². The van der Waals surface area contributed by atoms with Crippen molar-refractivity contribution in [3.63, 3.8) is 0 Å². The highest BCUT2D eigenvalue weighted by Crippen LogP contribution is 2.55. The predicted octanol–water partition coefficient (Wildman–Crippen LogP) is 2.38. The molecule has 0 bridgehead atoms. The van der Waals surface area contributed by atoms with E-state index in [0.29, 0.717) is 76.2 Å². The average molecular weight is 1420 g/mol. The lowest BCUT2D eigenvalue weighted by Gasteiger charge is -2.61. The van der Waals surface area contributed by atoms with Crippen LogP contribution in [-0.2, 0) is 100 Å². The summed E-state index contributed by atoms with van der Waals surface area (Å²) < 4.78 is 178. The van der Waals surface area contributed by atoms with Crippen LogP contribution < -0.4 is 0 Å². The van der Waals surface area contributed by atoms with Crippen LogP contribution in [0.5, 0.6) is 0 Å². The third-order valence-corrected chi connectivity index (χ3v) is 24.3. The zero-order chi connectivity index (χ0) is 69.3. The molecule has 0 aromatic rings. The standard InChI is InChI=1S/C66H100O29S2/c1-10-12-31(2)13-17-62(5,72)58-33(4)21-42-41(87-58)27-51-66(9,93-42)59(91-61-55(71)53(69)47(89-61)30-79-60-54(70)52(68)46(29-67)88-60)57-45(86-51)25-44-56(90-57)32(3)14-18-64(7)49(85-44)28-48-65(8,95-64)19-15-34-35(84-48)22-37-36(81-34)23-38-39(82-37)24-43-40(83-38)26-50(94-97(76,77)78)63(6,92-43)16-11-20-80-96(73,74)75/h10,13,17,32,34-61,67-72H,1-2,4,11-12,14-16,18-30H2,3,5-9H3,(H,73,74,75)(H,76,77,78). The maximum absolute atomic E-state index is 12.1. The van der Waals surface area contributed by atoms with E-state index < -0.39 is 215 Å². The summed E-state index contributed by atoms with van der Waals surface area (Å²) in [5.74, 6) is -0.0953. The Balaban J connectivity index is 0.710. The second-order valence-electron chi connectivity index (χ2n) is 30.5. The normalized spacial score (nSPS) is 51.2. The van der Waals surface area contributed by atoms with Crippen molar-refractivity contribution in [1.29, 1.82) is 0 Å². The molecule has 0 aromatic carbocycles. The van der Waals surface area contributed by atoms with Crippen LogP contribution >= 0.6 is 0 Å². The molecule has 550 valence electrons. The van der Waals surface area contributed by atoms with Crippen molar-refractivity contribution in [1.82, 2.24) is 0 Å². The van der Waals surface area contributed by atoms with Crippen molar-refractivity contribution >= 4 is 20.8 Å². The van der Waals surface area contributed by atoms with Gasteiger partial charge in [-0.25, -0.2) is 8.37 Å². The zero-order valence-electron chi connectivity index (χ0n) is 55.8. The predicted molar refractivity (Wildman–Crippen MR) is 334 cm³/mol. The van der Waals surface area contributed by atoms with Crippen LogP contribution in [0.2, 0.25) is 0 Å². The molecule has 8 N–H and O–H groups in total. The molecule has 13 fully saturated rings. The number of aliphatic hydroxyl groups is 6. The Morgan fingerprint density at radius 3 is 1.89 bits per heavy atom. The third kappa shape index (κ3) is 14.7. The molecule has 34 atom stereocenters. The van der Waals surface area contributed by atoms with Gasteiger partial charge in [-0.05, 0) is 97.5 Å². The summed E-state index contributed by atoms with van der Waals surface area (Å²) >= 11 is 0. The minimum absolute atomic E-state index is 0.0312. The average Bonchev–Trinajstić information content (AvgIpc) is 1.63. The first-order valence-electron chi connectivity index (χ1n) is 34.5. The van der Waals surface area contributed by atoms with Gasteiger partial charge in [0.25, 0.3) is 0 Å². The maximum Gasteiger partial charge on any atom is 0.397 e. The fourth-order valence-corrected chi connectivity index (χ4v) is 18.9. The second-order valence-corrected chi connectivity index (χ2v) is 32.7. The molecule has 13 saturated heterocycles. The molecular formula is C66H100O29S2. The molecule has 0 aliphatic carbocycles. The highest BCUT2D eigenvalue weighted by Gasteiger charge is 2.67. The van der Waals surface area contributed by atoms with Gasteiger partial charge in [0.15, 0.2) is 12.6 Å². The first kappa shape index (κ1) is 73.2. The van der Waals surface area contributed by atoms with Crippen LogP contribution in [0.1, 0.15) is 138 Å². The van der Waals surface area contributed by atoms with Gasteiger partial charge in [0.05, 0.1) is 134 Å². The molecule has 97 heavy (non-hydrogen) atoms. The zero-order valence-corrected chi connectivity index (χ0v) is 57.4. The van der Waals surface area contributed by atoms with E-state index in [0.717, 1.165) is 5.57 Å². The topological polar surface area (TPSA) is 387 Å². The molecule has 34 unspecified atom stereocenters. The van der Waals surface area contributed by atoms with Crippen molar-refractivity contribution in [3.05, 3.63) is 49.1 Å². The monoisotopic (exact) mass is 1420 g/mol. The minimum atomic E-state index is -4.95.